The van der Waals surface area contributed by atoms with E-state index in [0.29, 0.717) is 0 Å². The highest BCUT2D eigenvalue weighted by atomic mass is 16.3. The van der Waals surface area contributed by atoms with Crippen LogP contribution in [-0.4, -0.2) is 11.0 Å². The van der Waals surface area contributed by atoms with Gasteiger partial charge in [-0.3, -0.25) is 4.79 Å². The molecule has 0 aliphatic carbocycles. The molecule has 2 aromatic rings. The van der Waals surface area contributed by atoms with E-state index in [9.17, 15) is 9.90 Å². The van der Waals surface area contributed by atoms with Gasteiger partial charge in [-0.25, -0.2) is 0 Å². The maximum Gasteiger partial charge on any atom is 0.226 e. The van der Waals surface area contributed by atoms with Gasteiger partial charge < -0.3 is 10.4 Å². The molecule has 0 aromatic heterocycles. The van der Waals surface area contributed by atoms with Crippen LogP contribution in [0.1, 0.15) is 19.4 Å². The summed E-state index contributed by atoms with van der Waals surface area (Å²) < 4.78 is 0. The molecule has 0 saturated carbocycles. The summed E-state index contributed by atoms with van der Waals surface area (Å²) in [6.45, 7) is 5.62. The summed E-state index contributed by atoms with van der Waals surface area (Å²) in [6, 6.07) is 9.20. The van der Waals surface area contributed by atoms with Crippen LogP contribution in [0.2, 0.25) is 0 Å². The van der Waals surface area contributed by atoms with Crippen LogP contribution in [-0.2, 0) is 4.79 Å². The number of benzene rings is 2. The third-order valence-electron chi connectivity index (χ3n) is 2.90. The highest BCUT2D eigenvalue weighted by Crippen LogP contribution is 2.31. The summed E-state index contributed by atoms with van der Waals surface area (Å²) in [5.41, 5.74) is 1.71. The van der Waals surface area contributed by atoms with Gasteiger partial charge in [-0.05, 0) is 30.7 Å². The van der Waals surface area contributed by atoms with E-state index < -0.39 is 0 Å². The van der Waals surface area contributed by atoms with E-state index in [0.717, 1.165) is 22.0 Å². The van der Waals surface area contributed by atoms with Gasteiger partial charge in [0.1, 0.15) is 5.75 Å². The molecule has 0 aliphatic rings. The van der Waals surface area contributed by atoms with Crippen molar-refractivity contribution in [3.05, 3.63) is 35.9 Å². The Morgan fingerprint density at radius 2 is 1.94 bits per heavy atom. The smallest absolute Gasteiger partial charge is 0.226 e. The zero-order valence-corrected chi connectivity index (χ0v) is 10.8. The molecule has 0 atom stereocenters. The van der Waals surface area contributed by atoms with Crippen molar-refractivity contribution in [3.8, 4) is 5.75 Å². The second-order valence-corrected chi connectivity index (χ2v) is 4.83. The molecular weight excluding hydrogens is 226 g/mol. The van der Waals surface area contributed by atoms with Gasteiger partial charge in [0, 0.05) is 22.4 Å². The number of carbonyl (C=O) groups is 1. The molecule has 0 heterocycles. The predicted octanol–water partition coefficient (Wildman–Crippen LogP) is 3.45. The third-order valence-corrected chi connectivity index (χ3v) is 2.90. The monoisotopic (exact) mass is 243 g/mol. The van der Waals surface area contributed by atoms with Crippen molar-refractivity contribution >= 4 is 22.4 Å². The quantitative estimate of drug-likeness (QED) is 0.848. The largest absolute Gasteiger partial charge is 0.507 e. The Morgan fingerprint density at radius 3 is 2.61 bits per heavy atom. The summed E-state index contributed by atoms with van der Waals surface area (Å²) in [7, 11) is 0. The first-order valence-corrected chi connectivity index (χ1v) is 6.02. The van der Waals surface area contributed by atoms with Crippen LogP contribution in [0, 0.1) is 12.8 Å². The van der Waals surface area contributed by atoms with Gasteiger partial charge in [0.2, 0.25) is 5.91 Å². The van der Waals surface area contributed by atoms with E-state index in [1.54, 1.807) is 6.07 Å². The molecule has 2 rings (SSSR count). The first-order valence-electron chi connectivity index (χ1n) is 6.02. The average Bonchev–Trinajstić information content (AvgIpc) is 2.29. The van der Waals surface area contributed by atoms with Crippen LogP contribution >= 0.6 is 0 Å². The highest BCUT2D eigenvalue weighted by Gasteiger charge is 2.10. The number of hydrogen-bond acceptors (Lipinski definition) is 2. The fraction of sp³-hybridized carbons (Fsp3) is 0.267. The first-order chi connectivity index (χ1) is 8.49. The Balaban J connectivity index is 2.54. The van der Waals surface area contributed by atoms with Crippen molar-refractivity contribution in [1.29, 1.82) is 0 Å². The van der Waals surface area contributed by atoms with Crippen LogP contribution in [0.15, 0.2) is 30.3 Å². The van der Waals surface area contributed by atoms with Crippen LogP contribution < -0.4 is 5.32 Å². The van der Waals surface area contributed by atoms with Crippen LogP contribution in [0.25, 0.3) is 10.8 Å². The number of anilines is 1. The van der Waals surface area contributed by atoms with Crippen molar-refractivity contribution < 1.29 is 9.90 Å². The zero-order chi connectivity index (χ0) is 13.3. The Bertz CT molecular complexity index is 603. The molecule has 18 heavy (non-hydrogen) atoms. The predicted molar refractivity (Wildman–Crippen MR) is 73.8 cm³/mol. The Kier molecular flexibility index (Phi) is 3.24. The molecular formula is C15H17NO2. The van der Waals surface area contributed by atoms with Crippen molar-refractivity contribution in [1.82, 2.24) is 0 Å². The van der Waals surface area contributed by atoms with Gasteiger partial charge >= 0.3 is 0 Å². The molecule has 0 bridgehead atoms. The number of hydrogen-bond donors (Lipinski definition) is 2. The Hall–Kier alpha value is -2.03. The molecule has 0 unspecified atom stereocenters. The number of nitrogens with one attached hydrogen (secondary N) is 1. The summed E-state index contributed by atoms with van der Waals surface area (Å²) in [4.78, 5) is 11.8. The molecule has 0 radical (unpaired) electrons. The molecule has 94 valence electrons. The van der Waals surface area contributed by atoms with Crippen molar-refractivity contribution in [2.45, 2.75) is 20.8 Å². The fourth-order valence-electron chi connectivity index (χ4n) is 1.89. The second-order valence-electron chi connectivity index (χ2n) is 4.83. The summed E-state index contributed by atoms with van der Waals surface area (Å²) in [5.74, 6) is 0.146. The molecule has 3 nitrogen and oxygen atoms in total. The number of aryl methyl sites for hydroxylation is 1. The van der Waals surface area contributed by atoms with Gasteiger partial charge in [0.05, 0.1) is 0 Å². The van der Waals surface area contributed by atoms with E-state index >= 15 is 0 Å². The maximum atomic E-state index is 11.8. The van der Waals surface area contributed by atoms with Gasteiger partial charge in [0.25, 0.3) is 0 Å². The van der Waals surface area contributed by atoms with Crippen molar-refractivity contribution in [2.75, 3.05) is 5.32 Å². The number of fused-ring (bicyclic) bond motifs is 1. The molecule has 2 N–H and O–H groups in total. The first kappa shape index (κ1) is 12.4. The molecule has 1 amide bonds. The SMILES string of the molecule is Cc1cc(O)c2cccc(NC(=O)C(C)C)c2c1. The number of amides is 1. The van der Waals surface area contributed by atoms with E-state index in [1.807, 2.05) is 45.0 Å². The van der Waals surface area contributed by atoms with E-state index in [2.05, 4.69) is 5.32 Å². The molecule has 0 fully saturated rings. The van der Waals surface area contributed by atoms with E-state index in [1.165, 1.54) is 0 Å². The number of carbonyl (C=O) groups excluding carboxylic acids is 1. The van der Waals surface area contributed by atoms with Crippen molar-refractivity contribution in [3.63, 3.8) is 0 Å². The van der Waals surface area contributed by atoms with Gasteiger partial charge in [-0.15, -0.1) is 0 Å². The summed E-state index contributed by atoms with van der Waals surface area (Å²) in [5, 5.41) is 14.4. The summed E-state index contributed by atoms with van der Waals surface area (Å²) >= 11 is 0. The minimum Gasteiger partial charge on any atom is -0.507 e. The van der Waals surface area contributed by atoms with Crippen LogP contribution in [0.4, 0.5) is 5.69 Å². The number of phenols is 1. The van der Waals surface area contributed by atoms with Gasteiger partial charge in [0.15, 0.2) is 0 Å². The lowest BCUT2D eigenvalue weighted by Crippen LogP contribution is -2.17. The minimum atomic E-state index is -0.0707. The normalized spacial score (nSPS) is 10.9. The number of rotatable bonds is 2. The number of phenolic OH excluding ortho intramolecular Hbond substituents is 1. The maximum absolute atomic E-state index is 11.8. The molecule has 2 aromatic carbocycles. The van der Waals surface area contributed by atoms with Crippen LogP contribution in [0.3, 0.4) is 0 Å². The van der Waals surface area contributed by atoms with Gasteiger partial charge in [-0.1, -0.05) is 26.0 Å². The second kappa shape index (κ2) is 4.69. The zero-order valence-electron chi connectivity index (χ0n) is 10.8. The van der Waals surface area contributed by atoms with Crippen molar-refractivity contribution in [2.24, 2.45) is 5.92 Å². The lowest BCUT2D eigenvalue weighted by Gasteiger charge is -2.12. The molecule has 0 spiro atoms. The third kappa shape index (κ3) is 2.30. The van der Waals surface area contributed by atoms with E-state index in [4.69, 9.17) is 0 Å². The number of aromatic hydroxyl groups is 1. The van der Waals surface area contributed by atoms with Crippen LogP contribution in [0.5, 0.6) is 5.75 Å². The Morgan fingerprint density at radius 1 is 1.22 bits per heavy atom. The minimum absolute atomic E-state index is 0.0245. The average molecular weight is 243 g/mol. The fourth-order valence-corrected chi connectivity index (χ4v) is 1.89. The topological polar surface area (TPSA) is 49.3 Å². The highest BCUT2D eigenvalue weighted by molar-refractivity contribution is 6.04. The lowest BCUT2D eigenvalue weighted by molar-refractivity contribution is -0.118. The lowest BCUT2D eigenvalue weighted by atomic mass is 10.0. The standard InChI is InChI=1S/C15H17NO2/c1-9(2)15(18)16-13-6-4-5-11-12(13)7-10(3)8-14(11)17/h4-9,17H,1-3H3,(H,16,18). The van der Waals surface area contributed by atoms with E-state index in [-0.39, 0.29) is 17.6 Å². The molecule has 0 saturated heterocycles. The Labute approximate surface area is 106 Å². The van der Waals surface area contributed by atoms with Gasteiger partial charge in [-0.2, -0.15) is 0 Å². The molecule has 3 heteroatoms. The molecule has 0 aliphatic heterocycles. The summed E-state index contributed by atoms with van der Waals surface area (Å²) in [6.07, 6.45) is 0.